The highest BCUT2D eigenvalue weighted by Gasteiger charge is 2.21. The van der Waals surface area contributed by atoms with Gasteiger partial charge < -0.3 is 10.2 Å². The van der Waals surface area contributed by atoms with Crippen LogP contribution < -0.4 is 5.32 Å². The first-order valence-corrected chi connectivity index (χ1v) is 9.33. The molecule has 3 rings (SSSR count). The minimum absolute atomic E-state index is 0.156. The molecule has 3 aromatic carbocycles. The van der Waals surface area contributed by atoms with Crippen LogP contribution in [0.15, 0.2) is 78.9 Å². The molecule has 0 saturated carbocycles. The molecule has 142 valence electrons. The summed E-state index contributed by atoms with van der Waals surface area (Å²) in [5, 5.41) is 3.33. The summed E-state index contributed by atoms with van der Waals surface area (Å²) in [5.41, 5.74) is 2.64. The Bertz CT molecular complexity index is 989. The van der Waals surface area contributed by atoms with Gasteiger partial charge in [-0.3, -0.25) is 9.59 Å². The summed E-state index contributed by atoms with van der Waals surface area (Å²) in [4.78, 5) is 26.8. The number of benzene rings is 3. The first-order valence-electron chi connectivity index (χ1n) is 8.95. The zero-order valence-corrected chi connectivity index (χ0v) is 16.5. The van der Waals surface area contributed by atoms with E-state index in [1.54, 1.807) is 48.3 Å². The second kappa shape index (κ2) is 8.72. The van der Waals surface area contributed by atoms with Crippen molar-refractivity contribution in [1.82, 2.24) is 4.90 Å². The summed E-state index contributed by atoms with van der Waals surface area (Å²) in [5.74, 6) is -0.331. The second-order valence-electron chi connectivity index (χ2n) is 6.52. The van der Waals surface area contributed by atoms with Gasteiger partial charge in [0, 0.05) is 18.3 Å². The molecule has 0 saturated heterocycles. The number of rotatable bonds is 5. The van der Waals surface area contributed by atoms with Gasteiger partial charge >= 0.3 is 0 Å². The van der Waals surface area contributed by atoms with Gasteiger partial charge in [-0.15, -0.1) is 0 Å². The SMILES string of the molecule is C[C@H](c1cccc(NC(=O)c2ccccc2)c1)N(C)C(=O)c1ccccc1Cl. The number of carbonyl (C=O) groups excluding carboxylic acids is 2. The van der Waals surface area contributed by atoms with E-state index >= 15 is 0 Å². The summed E-state index contributed by atoms with van der Waals surface area (Å²) in [6.07, 6.45) is 0. The zero-order valence-electron chi connectivity index (χ0n) is 15.7. The van der Waals surface area contributed by atoms with Crippen LogP contribution in [-0.4, -0.2) is 23.8 Å². The quantitative estimate of drug-likeness (QED) is 0.629. The molecule has 2 amide bonds. The number of carbonyl (C=O) groups is 2. The molecule has 0 aliphatic rings. The van der Waals surface area contributed by atoms with Gasteiger partial charge in [0.2, 0.25) is 0 Å². The molecule has 5 heteroatoms. The second-order valence-corrected chi connectivity index (χ2v) is 6.92. The van der Waals surface area contributed by atoms with Crippen LogP contribution in [0, 0.1) is 0 Å². The van der Waals surface area contributed by atoms with Crippen molar-refractivity contribution in [3.8, 4) is 0 Å². The number of anilines is 1. The number of hydrogen-bond acceptors (Lipinski definition) is 2. The van der Waals surface area contributed by atoms with Crippen molar-refractivity contribution in [2.75, 3.05) is 12.4 Å². The van der Waals surface area contributed by atoms with Crippen LogP contribution in [0.5, 0.6) is 0 Å². The van der Waals surface area contributed by atoms with Crippen LogP contribution >= 0.6 is 11.6 Å². The Balaban J connectivity index is 1.76. The fourth-order valence-corrected chi connectivity index (χ4v) is 3.11. The molecule has 28 heavy (non-hydrogen) atoms. The first kappa shape index (κ1) is 19.6. The fourth-order valence-electron chi connectivity index (χ4n) is 2.89. The number of halogens is 1. The fraction of sp³-hybridized carbons (Fsp3) is 0.130. The maximum Gasteiger partial charge on any atom is 0.255 e. The van der Waals surface area contributed by atoms with Gasteiger partial charge in [-0.25, -0.2) is 0 Å². The summed E-state index contributed by atoms with van der Waals surface area (Å²) in [6, 6.07) is 23.3. The van der Waals surface area contributed by atoms with Gasteiger partial charge in [0.05, 0.1) is 16.6 Å². The predicted octanol–water partition coefficient (Wildman–Crippen LogP) is 5.43. The number of nitrogens with zero attached hydrogens (tertiary/aromatic N) is 1. The lowest BCUT2D eigenvalue weighted by Crippen LogP contribution is -2.30. The maximum atomic E-state index is 12.8. The molecule has 0 aliphatic carbocycles. The van der Waals surface area contributed by atoms with Gasteiger partial charge in [-0.1, -0.05) is 54.1 Å². The Labute approximate surface area is 169 Å². The van der Waals surface area contributed by atoms with Gasteiger partial charge in [0.15, 0.2) is 0 Å². The van der Waals surface area contributed by atoms with Crippen molar-refractivity contribution >= 4 is 29.1 Å². The normalized spacial score (nSPS) is 11.5. The molecule has 0 spiro atoms. The smallest absolute Gasteiger partial charge is 0.255 e. The molecule has 0 bridgehead atoms. The molecule has 0 heterocycles. The highest BCUT2D eigenvalue weighted by atomic mass is 35.5. The van der Waals surface area contributed by atoms with E-state index in [0.29, 0.717) is 21.8 Å². The Morgan fingerprint density at radius 2 is 1.61 bits per heavy atom. The van der Waals surface area contributed by atoms with E-state index in [4.69, 9.17) is 11.6 Å². The minimum Gasteiger partial charge on any atom is -0.335 e. The molecule has 4 nitrogen and oxygen atoms in total. The van der Waals surface area contributed by atoms with Crippen molar-refractivity contribution in [2.24, 2.45) is 0 Å². The third-order valence-electron chi connectivity index (χ3n) is 4.67. The van der Waals surface area contributed by atoms with Crippen LogP contribution in [0.1, 0.15) is 39.2 Å². The number of amides is 2. The highest BCUT2D eigenvalue weighted by Crippen LogP contribution is 2.25. The molecule has 0 fully saturated rings. The Morgan fingerprint density at radius 1 is 0.929 bits per heavy atom. The van der Waals surface area contributed by atoms with E-state index in [1.807, 2.05) is 49.4 Å². The molecule has 3 aromatic rings. The predicted molar refractivity (Wildman–Crippen MR) is 113 cm³/mol. The van der Waals surface area contributed by atoms with Crippen LogP contribution in [0.3, 0.4) is 0 Å². The average molecular weight is 393 g/mol. The monoisotopic (exact) mass is 392 g/mol. The number of nitrogens with one attached hydrogen (secondary N) is 1. The molecule has 0 aliphatic heterocycles. The van der Waals surface area contributed by atoms with Gasteiger partial charge in [-0.2, -0.15) is 0 Å². The van der Waals surface area contributed by atoms with Gasteiger partial charge in [0.1, 0.15) is 0 Å². The maximum absolute atomic E-state index is 12.8. The van der Waals surface area contributed by atoms with E-state index in [2.05, 4.69) is 5.32 Å². The van der Waals surface area contributed by atoms with E-state index in [-0.39, 0.29) is 17.9 Å². The Morgan fingerprint density at radius 3 is 2.32 bits per heavy atom. The zero-order chi connectivity index (χ0) is 20.1. The molecular weight excluding hydrogens is 372 g/mol. The third-order valence-corrected chi connectivity index (χ3v) is 5.00. The van der Waals surface area contributed by atoms with Crippen LogP contribution in [0.25, 0.3) is 0 Å². The lowest BCUT2D eigenvalue weighted by molar-refractivity contribution is 0.0742. The third kappa shape index (κ3) is 4.41. The van der Waals surface area contributed by atoms with Crippen molar-refractivity contribution in [3.05, 3.63) is 101 Å². The summed E-state index contributed by atoms with van der Waals surface area (Å²) in [7, 11) is 1.74. The lowest BCUT2D eigenvalue weighted by atomic mass is 10.0. The van der Waals surface area contributed by atoms with Crippen LogP contribution in [-0.2, 0) is 0 Å². The van der Waals surface area contributed by atoms with Gasteiger partial charge in [-0.05, 0) is 48.9 Å². The molecular formula is C23H21ClN2O2. The standard InChI is InChI=1S/C23H21ClN2O2/c1-16(26(2)23(28)20-13-6-7-14-21(20)24)18-11-8-12-19(15-18)25-22(27)17-9-4-3-5-10-17/h3-16H,1-2H3,(H,25,27)/t16-/m1/s1. The lowest BCUT2D eigenvalue weighted by Gasteiger charge is -2.26. The highest BCUT2D eigenvalue weighted by molar-refractivity contribution is 6.33. The molecule has 0 radical (unpaired) electrons. The summed E-state index contributed by atoms with van der Waals surface area (Å²) >= 11 is 6.16. The molecule has 1 atom stereocenters. The minimum atomic E-state index is -0.197. The van der Waals surface area contributed by atoms with E-state index in [9.17, 15) is 9.59 Å². The number of hydrogen-bond donors (Lipinski definition) is 1. The van der Waals surface area contributed by atoms with Gasteiger partial charge in [0.25, 0.3) is 11.8 Å². The van der Waals surface area contributed by atoms with E-state index < -0.39 is 0 Å². The van der Waals surface area contributed by atoms with Crippen molar-refractivity contribution in [3.63, 3.8) is 0 Å². The van der Waals surface area contributed by atoms with Crippen molar-refractivity contribution in [1.29, 1.82) is 0 Å². The van der Waals surface area contributed by atoms with Crippen LogP contribution in [0.2, 0.25) is 5.02 Å². The van der Waals surface area contributed by atoms with Crippen LogP contribution in [0.4, 0.5) is 5.69 Å². The molecule has 0 aromatic heterocycles. The topological polar surface area (TPSA) is 49.4 Å². The summed E-state index contributed by atoms with van der Waals surface area (Å²) < 4.78 is 0. The molecule has 0 unspecified atom stereocenters. The Hall–Kier alpha value is -3.11. The average Bonchev–Trinajstić information content (AvgIpc) is 2.73. The summed E-state index contributed by atoms with van der Waals surface area (Å²) in [6.45, 7) is 1.94. The van der Waals surface area contributed by atoms with E-state index in [0.717, 1.165) is 5.56 Å². The Kier molecular flexibility index (Phi) is 6.12. The largest absolute Gasteiger partial charge is 0.335 e. The van der Waals surface area contributed by atoms with E-state index in [1.165, 1.54) is 0 Å². The van der Waals surface area contributed by atoms with Crippen molar-refractivity contribution < 1.29 is 9.59 Å². The first-order chi connectivity index (χ1) is 13.5. The van der Waals surface area contributed by atoms with Crippen molar-refractivity contribution in [2.45, 2.75) is 13.0 Å². The molecule has 1 N–H and O–H groups in total.